The van der Waals surface area contributed by atoms with Crippen LogP contribution in [0.3, 0.4) is 0 Å². The van der Waals surface area contributed by atoms with Gasteiger partial charge in [-0.2, -0.15) is 0 Å². The molecule has 3 heteroatoms. The lowest BCUT2D eigenvalue weighted by molar-refractivity contribution is 0.554. The normalized spacial score (nSPS) is 10.6. The standard InChI is InChI=1S/C12H11F2N/c1-2-9-10(13)5-6-11(12(9)14)15-7-3-4-8-15/h3-8H,2H2,1H3. The highest BCUT2D eigenvalue weighted by molar-refractivity contribution is 5.39. The molecule has 0 spiro atoms. The van der Waals surface area contributed by atoms with Crippen LogP contribution in [0.25, 0.3) is 5.69 Å². The smallest absolute Gasteiger partial charge is 0.153 e. The van der Waals surface area contributed by atoms with Crippen molar-refractivity contribution in [1.29, 1.82) is 0 Å². The monoisotopic (exact) mass is 207 g/mol. The molecule has 0 amide bonds. The Kier molecular flexibility index (Phi) is 2.54. The highest BCUT2D eigenvalue weighted by Crippen LogP contribution is 2.20. The van der Waals surface area contributed by atoms with Crippen molar-refractivity contribution < 1.29 is 8.78 Å². The first kappa shape index (κ1) is 9.90. The number of rotatable bonds is 2. The third-order valence-corrected chi connectivity index (χ3v) is 2.40. The minimum atomic E-state index is -0.481. The molecule has 1 heterocycles. The topological polar surface area (TPSA) is 4.93 Å². The number of hydrogen-bond acceptors (Lipinski definition) is 0. The number of hydrogen-bond donors (Lipinski definition) is 0. The second kappa shape index (κ2) is 3.85. The molecule has 0 bridgehead atoms. The Balaban J connectivity index is 2.60. The molecular formula is C12H11F2N. The first-order valence-corrected chi connectivity index (χ1v) is 4.84. The fourth-order valence-corrected chi connectivity index (χ4v) is 1.60. The van der Waals surface area contributed by atoms with Gasteiger partial charge >= 0.3 is 0 Å². The summed E-state index contributed by atoms with van der Waals surface area (Å²) in [5.74, 6) is -0.959. The summed E-state index contributed by atoms with van der Waals surface area (Å²) in [5, 5.41) is 0. The van der Waals surface area contributed by atoms with E-state index in [1.807, 2.05) is 0 Å². The molecule has 0 unspecified atom stereocenters. The predicted octanol–water partition coefficient (Wildman–Crippen LogP) is 3.32. The average molecular weight is 207 g/mol. The number of nitrogens with zero attached hydrogens (tertiary/aromatic N) is 1. The summed E-state index contributed by atoms with van der Waals surface area (Å²) >= 11 is 0. The molecule has 0 aliphatic carbocycles. The Labute approximate surface area is 87.0 Å². The zero-order valence-corrected chi connectivity index (χ0v) is 8.37. The molecule has 0 radical (unpaired) electrons. The Bertz CT molecular complexity index is 461. The highest BCUT2D eigenvalue weighted by atomic mass is 19.1. The summed E-state index contributed by atoms with van der Waals surface area (Å²) in [5.41, 5.74) is 0.527. The summed E-state index contributed by atoms with van der Waals surface area (Å²) < 4.78 is 28.7. The van der Waals surface area contributed by atoms with E-state index in [0.717, 1.165) is 0 Å². The van der Waals surface area contributed by atoms with Gasteiger partial charge in [0.25, 0.3) is 0 Å². The van der Waals surface area contributed by atoms with Crippen molar-refractivity contribution in [3.8, 4) is 5.69 Å². The molecule has 1 nitrogen and oxygen atoms in total. The summed E-state index contributed by atoms with van der Waals surface area (Å²) in [6, 6.07) is 6.35. The van der Waals surface area contributed by atoms with Crippen LogP contribution in [0.1, 0.15) is 12.5 Å². The molecule has 78 valence electrons. The van der Waals surface area contributed by atoms with Gasteiger partial charge in [0.2, 0.25) is 0 Å². The van der Waals surface area contributed by atoms with Crippen molar-refractivity contribution in [3.63, 3.8) is 0 Å². The Hall–Kier alpha value is -1.64. The fraction of sp³-hybridized carbons (Fsp3) is 0.167. The quantitative estimate of drug-likeness (QED) is 0.712. The van der Waals surface area contributed by atoms with Gasteiger partial charge in [0, 0.05) is 18.0 Å². The largest absolute Gasteiger partial charge is 0.321 e. The summed E-state index contributed by atoms with van der Waals surface area (Å²) in [4.78, 5) is 0. The minimum absolute atomic E-state index is 0.140. The zero-order chi connectivity index (χ0) is 10.8. The first-order valence-electron chi connectivity index (χ1n) is 4.84. The van der Waals surface area contributed by atoms with Gasteiger partial charge in [0.05, 0.1) is 5.69 Å². The van der Waals surface area contributed by atoms with E-state index in [4.69, 9.17) is 0 Å². The molecule has 0 aliphatic rings. The van der Waals surface area contributed by atoms with Crippen molar-refractivity contribution in [2.45, 2.75) is 13.3 Å². The number of aromatic nitrogens is 1. The molecule has 0 fully saturated rings. The summed E-state index contributed by atoms with van der Waals surface area (Å²) in [6.07, 6.45) is 3.82. The van der Waals surface area contributed by atoms with Gasteiger partial charge in [0.1, 0.15) is 5.82 Å². The van der Waals surface area contributed by atoms with Crippen molar-refractivity contribution in [2.24, 2.45) is 0 Å². The average Bonchev–Trinajstić information content (AvgIpc) is 2.71. The van der Waals surface area contributed by atoms with Gasteiger partial charge < -0.3 is 4.57 Å². The van der Waals surface area contributed by atoms with E-state index >= 15 is 0 Å². The van der Waals surface area contributed by atoms with Crippen molar-refractivity contribution in [1.82, 2.24) is 4.57 Å². The maximum Gasteiger partial charge on any atom is 0.153 e. The first-order chi connectivity index (χ1) is 7.24. The third kappa shape index (κ3) is 1.65. The predicted molar refractivity (Wildman–Crippen MR) is 55.1 cm³/mol. The Morgan fingerprint density at radius 1 is 1.13 bits per heavy atom. The van der Waals surface area contributed by atoms with E-state index in [1.165, 1.54) is 12.1 Å². The second-order valence-corrected chi connectivity index (χ2v) is 3.30. The SMILES string of the molecule is CCc1c(F)ccc(-n2cccc2)c1F. The van der Waals surface area contributed by atoms with E-state index in [1.54, 1.807) is 36.0 Å². The lowest BCUT2D eigenvalue weighted by Crippen LogP contribution is -2.01. The lowest BCUT2D eigenvalue weighted by atomic mass is 10.1. The highest BCUT2D eigenvalue weighted by Gasteiger charge is 2.12. The van der Waals surface area contributed by atoms with Crippen molar-refractivity contribution in [3.05, 3.63) is 53.9 Å². The second-order valence-electron chi connectivity index (χ2n) is 3.30. The van der Waals surface area contributed by atoms with E-state index in [9.17, 15) is 8.78 Å². The Morgan fingerprint density at radius 2 is 1.80 bits per heavy atom. The van der Waals surface area contributed by atoms with Crippen LogP contribution in [0, 0.1) is 11.6 Å². The fourth-order valence-electron chi connectivity index (χ4n) is 1.60. The van der Waals surface area contributed by atoms with Gasteiger partial charge in [-0.1, -0.05) is 6.92 Å². The maximum atomic E-state index is 13.8. The van der Waals surface area contributed by atoms with Gasteiger partial charge in [0.15, 0.2) is 5.82 Å². The van der Waals surface area contributed by atoms with Crippen molar-refractivity contribution >= 4 is 0 Å². The third-order valence-electron chi connectivity index (χ3n) is 2.40. The van der Waals surface area contributed by atoms with Gasteiger partial charge in [-0.15, -0.1) is 0 Å². The van der Waals surface area contributed by atoms with E-state index in [0.29, 0.717) is 12.1 Å². The van der Waals surface area contributed by atoms with E-state index in [2.05, 4.69) is 0 Å². The van der Waals surface area contributed by atoms with Crippen LogP contribution in [0.15, 0.2) is 36.7 Å². The molecular weight excluding hydrogens is 196 g/mol. The maximum absolute atomic E-state index is 13.8. The Morgan fingerprint density at radius 3 is 2.40 bits per heavy atom. The van der Waals surface area contributed by atoms with Gasteiger partial charge in [-0.05, 0) is 30.7 Å². The molecule has 0 saturated carbocycles. The van der Waals surface area contributed by atoms with Crippen LogP contribution in [0.2, 0.25) is 0 Å². The van der Waals surface area contributed by atoms with Crippen LogP contribution in [-0.4, -0.2) is 4.57 Å². The number of benzene rings is 1. The van der Waals surface area contributed by atoms with Crippen LogP contribution in [0.4, 0.5) is 8.78 Å². The van der Waals surface area contributed by atoms with Crippen LogP contribution in [0.5, 0.6) is 0 Å². The van der Waals surface area contributed by atoms with E-state index < -0.39 is 11.6 Å². The molecule has 1 aromatic heterocycles. The van der Waals surface area contributed by atoms with Crippen LogP contribution in [-0.2, 0) is 6.42 Å². The molecule has 0 saturated heterocycles. The number of halogens is 2. The molecule has 0 N–H and O–H groups in total. The molecule has 15 heavy (non-hydrogen) atoms. The molecule has 0 aliphatic heterocycles. The zero-order valence-electron chi connectivity index (χ0n) is 8.37. The molecule has 2 aromatic rings. The molecule has 2 rings (SSSR count). The van der Waals surface area contributed by atoms with E-state index in [-0.39, 0.29) is 5.56 Å². The minimum Gasteiger partial charge on any atom is -0.321 e. The lowest BCUT2D eigenvalue weighted by Gasteiger charge is -2.08. The van der Waals surface area contributed by atoms with Crippen molar-refractivity contribution in [2.75, 3.05) is 0 Å². The van der Waals surface area contributed by atoms with Crippen LogP contribution >= 0.6 is 0 Å². The van der Waals surface area contributed by atoms with Gasteiger partial charge in [-0.25, -0.2) is 8.78 Å². The summed E-state index contributed by atoms with van der Waals surface area (Å²) in [7, 11) is 0. The summed E-state index contributed by atoms with van der Waals surface area (Å²) in [6.45, 7) is 1.74. The van der Waals surface area contributed by atoms with Crippen LogP contribution < -0.4 is 0 Å². The molecule has 1 aromatic carbocycles. The molecule has 0 atom stereocenters. The van der Waals surface area contributed by atoms with Gasteiger partial charge in [-0.3, -0.25) is 0 Å².